The fourth-order valence-corrected chi connectivity index (χ4v) is 3.71. The van der Waals surface area contributed by atoms with Crippen LogP contribution in [-0.2, 0) is 4.79 Å². The molecule has 2 rings (SSSR count). The Labute approximate surface area is 132 Å². The summed E-state index contributed by atoms with van der Waals surface area (Å²) in [4.78, 5) is 10.9. The largest absolute Gasteiger partial charge is 0.351 e. The Hall–Kier alpha value is -0.530. The van der Waals surface area contributed by atoms with Gasteiger partial charge in [-0.2, -0.15) is 0 Å². The number of carbonyl (C=O) groups is 1. The van der Waals surface area contributed by atoms with Crippen molar-refractivity contribution in [2.24, 2.45) is 23.7 Å². The molecule has 0 radical (unpaired) electrons. The number of hydrogen-bond acceptors (Lipinski definition) is 1. The predicted molar refractivity (Wildman–Crippen MR) is 91.2 cm³/mol. The summed E-state index contributed by atoms with van der Waals surface area (Å²) in [7, 11) is 3.38. The standard InChI is InChI=1S/C16H30.C3H7NO/c1-13-3-7-15(8-4-13)11-12-16-9-5-14(2)6-10-16;1-4(2)3-5/h13-16H,3-12H2,1-2H3;3H,1-2H3. The normalized spacial score (nSPS) is 32.8. The maximum atomic E-state index is 9.43. The van der Waals surface area contributed by atoms with Crippen LogP contribution in [0.15, 0.2) is 0 Å². The first-order chi connectivity index (χ1) is 10.0. The summed E-state index contributed by atoms with van der Waals surface area (Å²) in [5.41, 5.74) is 0. The van der Waals surface area contributed by atoms with Gasteiger partial charge in [0.05, 0.1) is 0 Å². The van der Waals surface area contributed by atoms with Crippen LogP contribution in [0.5, 0.6) is 0 Å². The number of amides is 1. The summed E-state index contributed by atoms with van der Waals surface area (Å²) in [6.45, 7) is 4.86. The molecule has 2 saturated carbocycles. The van der Waals surface area contributed by atoms with Crippen molar-refractivity contribution in [3.8, 4) is 0 Å². The lowest BCUT2D eigenvalue weighted by molar-refractivity contribution is -0.115. The molecule has 0 atom stereocenters. The summed E-state index contributed by atoms with van der Waals surface area (Å²) in [6.07, 6.45) is 16.0. The van der Waals surface area contributed by atoms with E-state index < -0.39 is 0 Å². The Balaban J connectivity index is 0.000000383. The van der Waals surface area contributed by atoms with Gasteiger partial charge in [-0.25, -0.2) is 0 Å². The Kier molecular flexibility index (Phi) is 9.03. The summed E-state index contributed by atoms with van der Waals surface area (Å²) in [6, 6.07) is 0. The van der Waals surface area contributed by atoms with Crippen LogP contribution in [0.1, 0.15) is 78.1 Å². The van der Waals surface area contributed by atoms with E-state index in [-0.39, 0.29) is 0 Å². The molecular weight excluding hydrogens is 258 g/mol. The van der Waals surface area contributed by atoms with Gasteiger partial charge in [-0.1, -0.05) is 78.1 Å². The van der Waals surface area contributed by atoms with E-state index in [4.69, 9.17) is 0 Å². The molecule has 2 aliphatic rings. The number of hydrogen-bond donors (Lipinski definition) is 0. The van der Waals surface area contributed by atoms with Crippen molar-refractivity contribution in [1.82, 2.24) is 4.90 Å². The van der Waals surface area contributed by atoms with E-state index in [9.17, 15) is 4.79 Å². The van der Waals surface area contributed by atoms with Gasteiger partial charge in [0.25, 0.3) is 0 Å². The van der Waals surface area contributed by atoms with E-state index in [0.717, 1.165) is 30.1 Å². The first-order valence-electron chi connectivity index (χ1n) is 9.13. The second-order valence-electron chi connectivity index (χ2n) is 7.90. The maximum absolute atomic E-state index is 9.43. The smallest absolute Gasteiger partial charge is 0.209 e. The fraction of sp³-hybridized carbons (Fsp3) is 0.947. The van der Waals surface area contributed by atoms with Crippen LogP contribution in [0.4, 0.5) is 0 Å². The Bertz CT molecular complexity index is 239. The molecule has 0 aliphatic heterocycles. The van der Waals surface area contributed by atoms with Crippen molar-refractivity contribution >= 4 is 6.41 Å². The molecule has 2 aliphatic carbocycles. The minimum absolute atomic E-state index is 0.750. The van der Waals surface area contributed by atoms with Gasteiger partial charge >= 0.3 is 0 Å². The Morgan fingerprint density at radius 3 is 1.29 bits per heavy atom. The van der Waals surface area contributed by atoms with Crippen molar-refractivity contribution in [2.45, 2.75) is 78.1 Å². The molecule has 0 heterocycles. The van der Waals surface area contributed by atoms with Crippen LogP contribution in [0.25, 0.3) is 0 Å². The van der Waals surface area contributed by atoms with Crippen molar-refractivity contribution in [2.75, 3.05) is 14.1 Å². The monoisotopic (exact) mass is 295 g/mol. The average Bonchev–Trinajstić information content (AvgIpc) is 2.49. The molecule has 2 fully saturated rings. The zero-order valence-electron chi connectivity index (χ0n) is 14.8. The maximum Gasteiger partial charge on any atom is 0.209 e. The molecule has 0 aromatic carbocycles. The highest BCUT2D eigenvalue weighted by Crippen LogP contribution is 2.36. The van der Waals surface area contributed by atoms with Crippen LogP contribution < -0.4 is 0 Å². The lowest BCUT2D eigenvalue weighted by Crippen LogP contribution is -2.16. The second-order valence-corrected chi connectivity index (χ2v) is 7.90. The average molecular weight is 296 g/mol. The molecule has 0 spiro atoms. The SMILES string of the molecule is CC1CCC(CCC2CCC(C)CC2)CC1.CN(C)C=O. The van der Waals surface area contributed by atoms with Crippen LogP contribution in [-0.4, -0.2) is 25.4 Å². The molecule has 2 heteroatoms. The van der Waals surface area contributed by atoms with E-state index in [1.807, 2.05) is 0 Å². The van der Waals surface area contributed by atoms with E-state index >= 15 is 0 Å². The molecule has 1 amide bonds. The molecule has 124 valence electrons. The van der Waals surface area contributed by atoms with E-state index in [0.29, 0.717) is 0 Å². The fourth-order valence-electron chi connectivity index (χ4n) is 3.71. The molecule has 2 nitrogen and oxygen atoms in total. The Morgan fingerprint density at radius 2 is 1.05 bits per heavy atom. The van der Waals surface area contributed by atoms with Crippen molar-refractivity contribution < 1.29 is 4.79 Å². The summed E-state index contributed by atoms with van der Waals surface area (Å²) >= 11 is 0. The van der Waals surface area contributed by atoms with E-state index in [1.54, 1.807) is 26.9 Å². The molecular formula is C19H37NO. The highest BCUT2D eigenvalue weighted by atomic mass is 16.1. The van der Waals surface area contributed by atoms with Crippen molar-refractivity contribution in [1.29, 1.82) is 0 Å². The number of nitrogens with zero attached hydrogens (tertiary/aromatic N) is 1. The van der Waals surface area contributed by atoms with Gasteiger partial charge in [-0.15, -0.1) is 0 Å². The molecule has 0 aromatic rings. The zero-order valence-corrected chi connectivity index (χ0v) is 14.8. The van der Waals surface area contributed by atoms with Gasteiger partial charge in [0.15, 0.2) is 0 Å². The molecule has 21 heavy (non-hydrogen) atoms. The van der Waals surface area contributed by atoms with Gasteiger partial charge in [-0.3, -0.25) is 4.79 Å². The van der Waals surface area contributed by atoms with Crippen molar-refractivity contribution in [3.05, 3.63) is 0 Å². The Morgan fingerprint density at radius 1 is 0.762 bits per heavy atom. The highest BCUT2D eigenvalue weighted by molar-refractivity contribution is 5.45. The number of carbonyl (C=O) groups excluding carboxylic acids is 1. The molecule has 0 N–H and O–H groups in total. The third kappa shape index (κ3) is 8.48. The van der Waals surface area contributed by atoms with Crippen molar-refractivity contribution in [3.63, 3.8) is 0 Å². The first kappa shape index (κ1) is 18.5. The molecule has 0 aromatic heterocycles. The second kappa shape index (κ2) is 10.2. The van der Waals surface area contributed by atoms with E-state index in [1.165, 1.54) is 56.3 Å². The van der Waals surface area contributed by atoms with Gasteiger partial charge in [-0.05, 0) is 23.7 Å². The zero-order chi connectivity index (χ0) is 15.7. The third-order valence-electron chi connectivity index (χ3n) is 5.46. The lowest BCUT2D eigenvalue weighted by atomic mass is 9.76. The predicted octanol–water partition coefficient (Wildman–Crippen LogP) is 5.12. The summed E-state index contributed by atoms with van der Waals surface area (Å²) in [5.74, 6) is 4.23. The minimum Gasteiger partial charge on any atom is -0.351 e. The van der Waals surface area contributed by atoms with Crippen LogP contribution in [0, 0.1) is 23.7 Å². The summed E-state index contributed by atoms with van der Waals surface area (Å²) < 4.78 is 0. The summed E-state index contributed by atoms with van der Waals surface area (Å²) in [5, 5.41) is 0. The molecule has 0 bridgehead atoms. The highest BCUT2D eigenvalue weighted by Gasteiger charge is 2.22. The van der Waals surface area contributed by atoms with Crippen LogP contribution in [0.3, 0.4) is 0 Å². The minimum atomic E-state index is 0.750. The van der Waals surface area contributed by atoms with Gasteiger partial charge in [0.2, 0.25) is 6.41 Å². The number of rotatable bonds is 4. The van der Waals surface area contributed by atoms with Gasteiger partial charge in [0.1, 0.15) is 0 Å². The van der Waals surface area contributed by atoms with Gasteiger partial charge in [0, 0.05) is 14.1 Å². The van der Waals surface area contributed by atoms with Crippen LogP contribution in [0.2, 0.25) is 0 Å². The quantitative estimate of drug-likeness (QED) is 0.659. The van der Waals surface area contributed by atoms with E-state index in [2.05, 4.69) is 13.8 Å². The van der Waals surface area contributed by atoms with Gasteiger partial charge < -0.3 is 4.90 Å². The first-order valence-corrected chi connectivity index (χ1v) is 9.13. The third-order valence-corrected chi connectivity index (χ3v) is 5.46. The van der Waals surface area contributed by atoms with Crippen LogP contribution >= 0.6 is 0 Å². The lowest BCUT2D eigenvalue weighted by Gasteiger charge is -2.30. The molecule has 0 saturated heterocycles. The topological polar surface area (TPSA) is 20.3 Å². The molecule has 0 unspecified atom stereocenters.